The number of fused-ring (bicyclic) bond motifs is 1. The van der Waals surface area contributed by atoms with Crippen molar-refractivity contribution in [2.45, 2.75) is 24.8 Å². The summed E-state index contributed by atoms with van der Waals surface area (Å²) in [5.74, 6) is -0.246. The first-order chi connectivity index (χ1) is 9.43. The van der Waals surface area contributed by atoms with Gasteiger partial charge < -0.3 is 16.0 Å². The number of halogens is 1. The second-order valence-corrected chi connectivity index (χ2v) is 6.68. The lowest BCUT2D eigenvalue weighted by Gasteiger charge is -2.37. The molecule has 1 aliphatic rings. The quantitative estimate of drug-likeness (QED) is 0.850. The minimum Gasteiger partial charge on any atom is -0.368 e. The highest BCUT2D eigenvalue weighted by Gasteiger charge is 2.39. The van der Waals surface area contributed by atoms with Crippen molar-refractivity contribution in [2.75, 3.05) is 27.2 Å². The smallest absolute Gasteiger partial charge is 0.238 e. The van der Waals surface area contributed by atoms with Gasteiger partial charge in [0, 0.05) is 17.6 Å². The van der Waals surface area contributed by atoms with E-state index < -0.39 is 5.54 Å². The fourth-order valence-corrected chi connectivity index (χ4v) is 3.14. The molecule has 110 valence electrons. The van der Waals surface area contributed by atoms with Gasteiger partial charge in [0.25, 0.3) is 0 Å². The number of aryl methyl sites for hydroxylation is 1. The average Bonchev–Trinajstić information content (AvgIpc) is 2.38. The number of hydrogen-bond donors (Lipinski definition) is 2. The molecule has 2 rings (SSSR count). The summed E-state index contributed by atoms with van der Waals surface area (Å²) in [6.07, 6.45) is 2.32. The van der Waals surface area contributed by atoms with E-state index in [-0.39, 0.29) is 5.91 Å². The van der Waals surface area contributed by atoms with Gasteiger partial charge in [0.15, 0.2) is 0 Å². The number of hydrogen-bond acceptors (Lipinski definition) is 3. The van der Waals surface area contributed by atoms with Crippen LogP contribution in [0.3, 0.4) is 0 Å². The highest BCUT2D eigenvalue weighted by molar-refractivity contribution is 9.10. The number of primary amides is 1. The average molecular weight is 340 g/mol. The molecule has 0 spiro atoms. The molecule has 0 aliphatic heterocycles. The first kappa shape index (κ1) is 15.5. The lowest BCUT2D eigenvalue weighted by molar-refractivity contribution is -0.125. The molecule has 3 N–H and O–H groups in total. The lowest BCUT2D eigenvalue weighted by Crippen LogP contribution is -2.59. The molecule has 0 fully saturated rings. The van der Waals surface area contributed by atoms with Gasteiger partial charge in [-0.2, -0.15) is 0 Å². The molecule has 0 aromatic heterocycles. The van der Waals surface area contributed by atoms with E-state index in [1.54, 1.807) is 0 Å². The fraction of sp³-hybridized carbons (Fsp3) is 0.533. The van der Waals surface area contributed by atoms with Gasteiger partial charge in [-0.1, -0.05) is 22.0 Å². The number of nitrogens with one attached hydrogen (secondary N) is 1. The van der Waals surface area contributed by atoms with Crippen LogP contribution in [0.4, 0.5) is 0 Å². The van der Waals surface area contributed by atoms with E-state index in [4.69, 9.17) is 5.73 Å². The summed E-state index contributed by atoms with van der Waals surface area (Å²) in [7, 11) is 4.04. The Bertz CT molecular complexity index is 504. The first-order valence-electron chi connectivity index (χ1n) is 6.90. The number of carbonyl (C=O) groups excluding carboxylic acids is 1. The van der Waals surface area contributed by atoms with Crippen molar-refractivity contribution in [2.24, 2.45) is 5.73 Å². The van der Waals surface area contributed by atoms with Crippen LogP contribution in [0.25, 0.3) is 0 Å². The Labute approximate surface area is 128 Å². The molecule has 0 saturated heterocycles. The summed E-state index contributed by atoms with van der Waals surface area (Å²) in [5.41, 5.74) is 7.61. The summed E-state index contributed by atoms with van der Waals surface area (Å²) in [6.45, 7) is 1.66. The Morgan fingerprint density at radius 3 is 2.85 bits per heavy atom. The molecule has 1 unspecified atom stereocenters. The molecule has 4 nitrogen and oxygen atoms in total. The second-order valence-electron chi connectivity index (χ2n) is 5.77. The fourth-order valence-electron chi connectivity index (χ4n) is 2.73. The van der Waals surface area contributed by atoms with E-state index in [2.05, 4.69) is 38.3 Å². The van der Waals surface area contributed by atoms with E-state index in [9.17, 15) is 4.79 Å². The number of likely N-dealkylation sites (N-methyl/N-ethyl adjacent to an activating group) is 1. The Balaban J connectivity index is 2.15. The predicted molar refractivity (Wildman–Crippen MR) is 84.6 cm³/mol. The third-order valence-electron chi connectivity index (χ3n) is 3.98. The normalized spacial score (nSPS) is 21.8. The Morgan fingerprint density at radius 1 is 1.45 bits per heavy atom. The molecule has 1 aliphatic carbocycles. The molecule has 1 atom stereocenters. The number of rotatable bonds is 5. The van der Waals surface area contributed by atoms with Crippen LogP contribution in [0.1, 0.15) is 17.5 Å². The van der Waals surface area contributed by atoms with E-state index in [1.807, 2.05) is 20.2 Å². The molecule has 1 aromatic carbocycles. The van der Waals surface area contributed by atoms with Crippen molar-refractivity contribution >= 4 is 21.8 Å². The van der Waals surface area contributed by atoms with Crippen LogP contribution in [0, 0.1) is 0 Å². The molecule has 0 bridgehead atoms. The molecule has 5 heteroatoms. The van der Waals surface area contributed by atoms with Crippen LogP contribution in [0.5, 0.6) is 0 Å². The summed E-state index contributed by atoms with van der Waals surface area (Å²) >= 11 is 3.49. The van der Waals surface area contributed by atoms with Gasteiger partial charge >= 0.3 is 0 Å². The van der Waals surface area contributed by atoms with Crippen LogP contribution in [0.2, 0.25) is 0 Å². The molecule has 1 aromatic rings. The Kier molecular flexibility index (Phi) is 4.83. The van der Waals surface area contributed by atoms with Crippen molar-refractivity contribution in [3.05, 3.63) is 33.8 Å². The van der Waals surface area contributed by atoms with Gasteiger partial charge in [0.1, 0.15) is 5.54 Å². The molecule has 0 radical (unpaired) electrons. The minimum absolute atomic E-state index is 0.246. The van der Waals surface area contributed by atoms with Crippen molar-refractivity contribution < 1.29 is 4.79 Å². The van der Waals surface area contributed by atoms with E-state index >= 15 is 0 Å². The Morgan fingerprint density at radius 2 is 2.20 bits per heavy atom. The number of amides is 1. The van der Waals surface area contributed by atoms with Crippen LogP contribution in [-0.2, 0) is 17.6 Å². The zero-order chi connectivity index (χ0) is 14.8. The molecule has 0 heterocycles. The maximum absolute atomic E-state index is 12.0. The van der Waals surface area contributed by atoms with Crippen molar-refractivity contribution in [1.29, 1.82) is 0 Å². The van der Waals surface area contributed by atoms with Crippen LogP contribution in [-0.4, -0.2) is 43.5 Å². The number of benzene rings is 1. The first-order valence-corrected chi connectivity index (χ1v) is 7.69. The van der Waals surface area contributed by atoms with Crippen LogP contribution >= 0.6 is 15.9 Å². The maximum Gasteiger partial charge on any atom is 0.238 e. The van der Waals surface area contributed by atoms with Gasteiger partial charge in [-0.05, 0) is 56.6 Å². The summed E-state index contributed by atoms with van der Waals surface area (Å²) in [6, 6.07) is 6.25. The minimum atomic E-state index is -0.600. The van der Waals surface area contributed by atoms with Crippen molar-refractivity contribution in [1.82, 2.24) is 10.2 Å². The largest absolute Gasteiger partial charge is 0.368 e. The molecular weight excluding hydrogens is 318 g/mol. The zero-order valence-electron chi connectivity index (χ0n) is 12.1. The zero-order valence-corrected chi connectivity index (χ0v) is 13.7. The predicted octanol–water partition coefficient (Wildman–Crippen LogP) is 1.31. The van der Waals surface area contributed by atoms with Gasteiger partial charge in [-0.3, -0.25) is 4.79 Å². The Hall–Kier alpha value is -0.910. The van der Waals surface area contributed by atoms with Crippen molar-refractivity contribution in [3.8, 4) is 0 Å². The highest BCUT2D eigenvalue weighted by Crippen LogP contribution is 2.30. The number of nitrogens with zero attached hydrogens (tertiary/aromatic N) is 1. The monoisotopic (exact) mass is 339 g/mol. The van der Waals surface area contributed by atoms with E-state index in [1.165, 1.54) is 11.1 Å². The number of carbonyl (C=O) groups is 1. The molecule has 0 saturated carbocycles. The van der Waals surface area contributed by atoms with Crippen LogP contribution < -0.4 is 11.1 Å². The van der Waals surface area contributed by atoms with Gasteiger partial charge in [0.05, 0.1) is 0 Å². The molecular formula is C15H22BrN3O. The van der Waals surface area contributed by atoms with E-state index in [0.717, 1.165) is 30.4 Å². The second kappa shape index (κ2) is 6.24. The van der Waals surface area contributed by atoms with Gasteiger partial charge in [-0.25, -0.2) is 0 Å². The molecule has 1 amide bonds. The van der Waals surface area contributed by atoms with E-state index in [0.29, 0.717) is 6.42 Å². The third kappa shape index (κ3) is 3.40. The highest BCUT2D eigenvalue weighted by atomic mass is 79.9. The van der Waals surface area contributed by atoms with Crippen molar-refractivity contribution in [3.63, 3.8) is 0 Å². The lowest BCUT2D eigenvalue weighted by atomic mass is 9.77. The SMILES string of the molecule is CN(C)CCNC1(C(N)=O)CCc2cc(Br)ccc2C1. The topological polar surface area (TPSA) is 58.4 Å². The third-order valence-corrected chi connectivity index (χ3v) is 4.47. The van der Waals surface area contributed by atoms with Gasteiger partial charge in [0.2, 0.25) is 5.91 Å². The van der Waals surface area contributed by atoms with Gasteiger partial charge in [-0.15, -0.1) is 0 Å². The summed E-state index contributed by atoms with van der Waals surface area (Å²) in [4.78, 5) is 14.1. The number of nitrogens with two attached hydrogens (primary N) is 1. The summed E-state index contributed by atoms with van der Waals surface area (Å²) < 4.78 is 1.09. The molecule has 20 heavy (non-hydrogen) atoms. The summed E-state index contributed by atoms with van der Waals surface area (Å²) in [5, 5.41) is 3.39. The van der Waals surface area contributed by atoms with Crippen LogP contribution in [0.15, 0.2) is 22.7 Å². The standard InChI is InChI=1S/C15H22BrN3O/c1-19(2)8-7-18-15(14(17)20)6-5-11-9-13(16)4-3-12(11)10-15/h3-4,9,18H,5-8,10H2,1-2H3,(H2,17,20). The maximum atomic E-state index is 12.0.